The predicted octanol–water partition coefficient (Wildman–Crippen LogP) is 2.28. The zero-order valence-electron chi connectivity index (χ0n) is 10.1. The summed E-state index contributed by atoms with van der Waals surface area (Å²) in [7, 11) is 0. The van der Waals surface area contributed by atoms with Gasteiger partial charge in [0.1, 0.15) is 0 Å². The molecule has 0 saturated carbocycles. The number of likely N-dealkylation sites (tertiary alicyclic amines) is 1. The summed E-state index contributed by atoms with van der Waals surface area (Å²) in [5.74, 6) is 0.389. The smallest absolute Gasteiger partial charge is 0.0592 e. The number of hydrogen-bond donors (Lipinski definition) is 1. The third-order valence-corrected chi connectivity index (χ3v) is 3.61. The van der Waals surface area contributed by atoms with Gasteiger partial charge < -0.3 is 5.11 Å². The lowest BCUT2D eigenvalue weighted by Crippen LogP contribution is -2.46. The van der Waals surface area contributed by atoms with Crippen LogP contribution in [0.3, 0.4) is 0 Å². The first kappa shape index (κ1) is 11.6. The molecule has 16 heavy (non-hydrogen) atoms. The Kier molecular flexibility index (Phi) is 3.62. The van der Waals surface area contributed by atoms with Gasteiger partial charge in [0.15, 0.2) is 0 Å². The Labute approximate surface area is 97.9 Å². The Hall–Kier alpha value is -0.860. The molecule has 0 bridgehead atoms. The summed E-state index contributed by atoms with van der Waals surface area (Å²) >= 11 is 0. The van der Waals surface area contributed by atoms with E-state index in [0.717, 1.165) is 19.5 Å². The van der Waals surface area contributed by atoms with Gasteiger partial charge >= 0.3 is 0 Å². The highest BCUT2D eigenvalue weighted by Gasteiger charge is 2.29. The van der Waals surface area contributed by atoms with E-state index in [-0.39, 0.29) is 6.10 Å². The molecule has 1 aliphatic heterocycles. The second-order valence-electron chi connectivity index (χ2n) is 5.04. The van der Waals surface area contributed by atoms with E-state index < -0.39 is 0 Å². The van der Waals surface area contributed by atoms with Crippen molar-refractivity contribution < 1.29 is 5.11 Å². The molecular weight excluding hydrogens is 198 g/mol. The monoisotopic (exact) mass is 219 g/mol. The molecule has 1 aromatic rings. The molecule has 3 atom stereocenters. The van der Waals surface area contributed by atoms with E-state index in [2.05, 4.69) is 49.1 Å². The van der Waals surface area contributed by atoms with Crippen molar-refractivity contribution >= 4 is 0 Å². The van der Waals surface area contributed by atoms with Crippen LogP contribution in [0.2, 0.25) is 0 Å². The number of piperidine rings is 1. The molecule has 1 N–H and O–H groups in total. The topological polar surface area (TPSA) is 23.5 Å². The number of hydrogen-bond acceptors (Lipinski definition) is 2. The van der Waals surface area contributed by atoms with Crippen LogP contribution in [0.4, 0.5) is 0 Å². The van der Waals surface area contributed by atoms with Crippen LogP contribution in [-0.4, -0.2) is 28.7 Å². The first-order valence-corrected chi connectivity index (χ1v) is 6.13. The number of aliphatic hydroxyl groups excluding tert-OH is 1. The number of rotatable bonds is 2. The average Bonchev–Trinajstić information content (AvgIpc) is 2.27. The van der Waals surface area contributed by atoms with Gasteiger partial charge in [-0.2, -0.15) is 0 Å². The van der Waals surface area contributed by atoms with Crippen LogP contribution < -0.4 is 0 Å². The molecular formula is C14H21NO. The minimum atomic E-state index is -0.123. The minimum Gasteiger partial charge on any atom is -0.393 e. The Bertz CT molecular complexity index is 325. The summed E-state index contributed by atoms with van der Waals surface area (Å²) in [4.78, 5) is 2.46. The normalized spacial score (nSPS) is 31.6. The molecule has 88 valence electrons. The summed E-state index contributed by atoms with van der Waals surface area (Å²) in [5, 5.41) is 9.81. The zero-order chi connectivity index (χ0) is 11.5. The van der Waals surface area contributed by atoms with Crippen molar-refractivity contribution in [3.8, 4) is 0 Å². The standard InChI is InChI=1S/C14H21NO/c1-11-9-15(12(2)8-14(11)16)10-13-6-4-3-5-7-13/h3-7,11-12,14,16H,8-10H2,1-2H3/t11-,12+,14-/m0/s1. The van der Waals surface area contributed by atoms with Gasteiger partial charge in [-0.1, -0.05) is 37.3 Å². The van der Waals surface area contributed by atoms with E-state index >= 15 is 0 Å². The second-order valence-corrected chi connectivity index (χ2v) is 5.04. The molecule has 2 heteroatoms. The Balaban J connectivity index is 2.00. The van der Waals surface area contributed by atoms with Crippen molar-refractivity contribution in [1.29, 1.82) is 0 Å². The molecule has 0 unspecified atom stereocenters. The maximum atomic E-state index is 9.81. The lowest BCUT2D eigenvalue weighted by molar-refractivity contribution is 0.00194. The molecule has 2 rings (SSSR count). The fourth-order valence-corrected chi connectivity index (χ4v) is 2.44. The van der Waals surface area contributed by atoms with Gasteiger partial charge in [0, 0.05) is 19.1 Å². The maximum Gasteiger partial charge on any atom is 0.0592 e. The molecule has 1 heterocycles. The molecule has 1 aliphatic rings. The van der Waals surface area contributed by atoms with Gasteiger partial charge in [0.25, 0.3) is 0 Å². The van der Waals surface area contributed by atoms with Gasteiger partial charge in [-0.15, -0.1) is 0 Å². The van der Waals surface area contributed by atoms with Gasteiger partial charge in [-0.05, 0) is 24.8 Å². The zero-order valence-corrected chi connectivity index (χ0v) is 10.1. The van der Waals surface area contributed by atoms with Crippen LogP contribution in [0.5, 0.6) is 0 Å². The van der Waals surface area contributed by atoms with Crippen molar-refractivity contribution in [1.82, 2.24) is 4.90 Å². The van der Waals surface area contributed by atoms with Crippen LogP contribution in [0.1, 0.15) is 25.8 Å². The third kappa shape index (κ3) is 2.63. The highest BCUT2D eigenvalue weighted by molar-refractivity contribution is 5.14. The molecule has 0 spiro atoms. The quantitative estimate of drug-likeness (QED) is 0.825. The van der Waals surface area contributed by atoms with E-state index in [0.29, 0.717) is 12.0 Å². The molecule has 1 saturated heterocycles. The van der Waals surface area contributed by atoms with Gasteiger partial charge in [-0.25, -0.2) is 0 Å². The van der Waals surface area contributed by atoms with E-state index in [1.54, 1.807) is 0 Å². The van der Waals surface area contributed by atoms with Gasteiger partial charge in [0.2, 0.25) is 0 Å². The highest BCUT2D eigenvalue weighted by Crippen LogP contribution is 2.23. The summed E-state index contributed by atoms with van der Waals surface area (Å²) < 4.78 is 0. The predicted molar refractivity (Wildman–Crippen MR) is 66.1 cm³/mol. The summed E-state index contributed by atoms with van der Waals surface area (Å²) in [5.41, 5.74) is 1.36. The fourth-order valence-electron chi connectivity index (χ4n) is 2.44. The van der Waals surface area contributed by atoms with Gasteiger partial charge in [-0.3, -0.25) is 4.90 Å². The first-order chi connectivity index (χ1) is 7.66. The molecule has 2 nitrogen and oxygen atoms in total. The number of aliphatic hydroxyl groups is 1. The molecule has 0 amide bonds. The summed E-state index contributed by atoms with van der Waals surface area (Å²) in [6.07, 6.45) is 0.774. The lowest BCUT2D eigenvalue weighted by Gasteiger charge is -2.39. The molecule has 1 fully saturated rings. The van der Waals surface area contributed by atoms with E-state index in [1.807, 2.05) is 0 Å². The number of nitrogens with zero attached hydrogens (tertiary/aromatic N) is 1. The summed E-state index contributed by atoms with van der Waals surface area (Å²) in [6, 6.07) is 11.0. The van der Waals surface area contributed by atoms with Crippen molar-refractivity contribution in [2.24, 2.45) is 5.92 Å². The van der Waals surface area contributed by atoms with E-state index in [9.17, 15) is 5.11 Å². The van der Waals surface area contributed by atoms with Gasteiger partial charge in [0.05, 0.1) is 6.10 Å². The third-order valence-electron chi connectivity index (χ3n) is 3.61. The minimum absolute atomic E-state index is 0.123. The second kappa shape index (κ2) is 4.98. The average molecular weight is 219 g/mol. The fraction of sp³-hybridized carbons (Fsp3) is 0.571. The highest BCUT2D eigenvalue weighted by atomic mass is 16.3. The SMILES string of the molecule is C[C@@H]1C[C@H](O)[C@@H](C)CN1Cc1ccccc1. The van der Waals surface area contributed by atoms with Crippen LogP contribution in [0, 0.1) is 5.92 Å². The Morgan fingerprint density at radius 3 is 2.62 bits per heavy atom. The molecule has 1 aromatic carbocycles. The molecule has 0 aliphatic carbocycles. The van der Waals surface area contributed by atoms with Crippen molar-refractivity contribution in [2.75, 3.05) is 6.54 Å². The molecule has 0 aromatic heterocycles. The maximum absolute atomic E-state index is 9.81. The number of benzene rings is 1. The van der Waals surface area contributed by atoms with Crippen molar-refractivity contribution in [2.45, 2.75) is 39.0 Å². The van der Waals surface area contributed by atoms with Crippen LogP contribution in [0.15, 0.2) is 30.3 Å². The first-order valence-electron chi connectivity index (χ1n) is 6.13. The lowest BCUT2D eigenvalue weighted by atomic mass is 9.91. The van der Waals surface area contributed by atoms with Crippen molar-refractivity contribution in [3.63, 3.8) is 0 Å². The van der Waals surface area contributed by atoms with Crippen LogP contribution in [-0.2, 0) is 6.54 Å². The van der Waals surface area contributed by atoms with E-state index in [4.69, 9.17) is 0 Å². The Morgan fingerprint density at radius 1 is 1.25 bits per heavy atom. The molecule has 0 radical (unpaired) electrons. The van der Waals surface area contributed by atoms with Crippen LogP contribution in [0.25, 0.3) is 0 Å². The largest absolute Gasteiger partial charge is 0.393 e. The Morgan fingerprint density at radius 2 is 1.94 bits per heavy atom. The van der Waals surface area contributed by atoms with Crippen LogP contribution >= 0.6 is 0 Å². The summed E-state index contributed by atoms with van der Waals surface area (Å²) in [6.45, 7) is 6.34. The van der Waals surface area contributed by atoms with Crippen molar-refractivity contribution in [3.05, 3.63) is 35.9 Å². The van der Waals surface area contributed by atoms with E-state index in [1.165, 1.54) is 5.56 Å².